The Hall–Kier alpha value is 0.684. The molecule has 0 aliphatic rings. The van der Waals surface area contributed by atoms with E-state index in [1.807, 2.05) is 0 Å². The van der Waals surface area contributed by atoms with Gasteiger partial charge in [-0.15, -0.1) is 11.1 Å². The van der Waals surface area contributed by atoms with Crippen molar-refractivity contribution in [3.05, 3.63) is 0 Å². The van der Waals surface area contributed by atoms with Crippen LogP contribution in [0.1, 0.15) is 40.5 Å². The second-order valence-electron chi connectivity index (χ2n) is 5.53. The van der Waals surface area contributed by atoms with E-state index in [1.54, 1.807) is 0 Å². The average Bonchev–Trinajstić information content (AvgIpc) is 2.12. The fourth-order valence-corrected chi connectivity index (χ4v) is 12.2. The molecular formula is C11H27ClOSi2. The van der Waals surface area contributed by atoms with E-state index >= 15 is 0 Å². The summed E-state index contributed by atoms with van der Waals surface area (Å²) in [7, 11) is -3.58. The van der Waals surface area contributed by atoms with Gasteiger partial charge in [-0.05, 0) is 30.7 Å². The van der Waals surface area contributed by atoms with Crippen LogP contribution in [0.15, 0.2) is 0 Å². The van der Waals surface area contributed by atoms with Crippen LogP contribution in [-0.2, 0) is 4.12 Å². The van der Waals surface area contributed by atoms with Crippen LogP contribution in [0.4, 0.5) is 0 Å². The predicted molar refractivity (Wildman–Crippen MR) is 75.5 cm³/mol. The van der Waals surface area contributed by atoms with Crippen molar-refractivity contribution in [1.29, 1.82) is 0 Å². The lowest BCUT2D eigenvalue weighted by atomic mass is 10.4. The molecule has 0 rings (SSSR count). The third-order valence-corrected chi connectivity index (χ3v) is 13.2. The van der Waals surface area contributed by atoms with E-state index in [4.69, 9.17) is 15.2 Å². The van der Waals surface area contributed by atoms with E-state index in [0.29, 0.717) is 11.1 Å². The average molecular weight is 267 g/mol. The third kappa shape index (κ3) is 4.59. The molecule has 0 aliphatic heterocycles. The van der Waals surface area contributed by atoms with Gasteiger partial charge in [-0.3, -0.25) is 0 Å². The third-order valence-electron chi connectivity index (χ3n) is 3.03. The van der Waals surface area contributed by atoms with Crippen molar-refractivity contribution >= 4 is 27.0 Å². The first-order chi connectivity index (χ1) is 6.67. The van der Waals surface area contributed by atoms with Crippen molar-refractivity contribution < 1.29 is 4.12 Å². The fraction of sp³-hybridized carbons (Fsp3) is 1.00. The van der Waals surface area contributed by atoms with E-state index in [9.17, 15) is 0 Å². The molecule has 0 aromatic carbocycles. The Morgan fingerprint density at radius 1 is 1.00 bits per heavy atom. The van der Waals surface area contributed by atoms with Gasteiger partial charge >= 0.3 is 0 Å². The highest BCUT2D eigenvalue weighted by Crippen LogP contribution is 2.42. The highest BCUT2D eigenvalue weighted by Gasteiger charge is 2.45. The van der Waals surface area contributed by atoms with Crippen LogP contribution >= 0.6 is 11.1 Å². The van der Waals surface area contributed by atoms with E-state index in [-0.39, 0.29) is 0 Å². The Morgan fingerprint density at radius 3 is 1.53 bits per heavy atom. The van der Waals surface area contributed by atoms with Crippen molar-refractivity contribution in [3.8, 4) is 0 Å². The zero-order valence-electron chi connectivity index (χ0n) is 11.4. The number of hydrogen-bond donors (Lipinski definition) is 0. The molecule has 1 nitrogen and oxygen atoms in total. The molecule has 2 unspecified atom stereocenters. The summed E-state index contributed by atoms with van der Waals surface area (Å²) in [6, 6.07) is 0. The molecule has 0 amide bonds. The Morgan fingerprint density at radius 2 is 1.33 bits per heavy atom. The van der Waals surface area contributed by atoms with Gasteiger partial charge in [0, 0.05) is 0 Å². The molecule has 4 heteroatoms. The first-order valence-corrected chi connectivity index (χ1v) is 12.5. The summed E-state index contributed by atoms with van der Waals surface area (Å²) in [5, 5.41) is 0. The van der Waals surface area contributed by atoms with Crippen LogP contribution in [0, 0.1) is 0 Å². The molecule has 0 heterocycles. The monoisotopic (exact) mass is 266 g/mol. The quantitative estimate of drug-likeness (QED) is 0.479. The first-order valence-electron chi connectivity index (χ1n) is 6.06. The van der Waals surface area contributed by atoms with Gasteiger partial charge in [0.1, 0.15) is 0 Å². The Kier molecular flexibility index (Phi) is 6.11. The lowest BCUT2D eigenvalue weighted by Gasteiger charge is -2.40. The maximum absolute atomic E-state index is 6.88. The van der Waals surface area contributed by atoms with Gasteiger partial charge in [-0.2, -0.15) is 0 Å². The molecule has 0 radical (unpaired) electrons. The highest BCUT2D eigenvalue weighted by molar-refractivity contribution is 7.20. The normalized spacial score (nSPS) is 20.8. The van der Waals surface area contributed by atoms with E-state index in [0.717, 1.165) is 12.8 Å². The van der Waals surface area contributed by atoms with Gasteiger partial charge < -0.3 is 4.12 Å². The maximum Gasteiger partial charge on any atom is 0.285 e. The fourth-order valence-electron chi connectivity index (χ4n) is 1.71. The standard InChI is InChI=1S/C11H27ClOSi2/c1-8-10(3)15(12,11(4)9-2)13-14(5,6)7/h10-11H,8-9H2,1-7H3. The largest absolute Gasteiger partial charge is 0.444 e. The van der Waals surface area contributed by atoms with Gasteiger partial charge in [-0.25, -0.2) is 0 Å². The number of halogens is 1. The van der Waals surface area contributed by atoms with Crippen molar-refractivity contribution in [1.82, 2.24) is 0 Å². The Labute approximate surface area is 103 Å². The molecule has 0 saturated heterocycles. The van der Waals surface area contributed by atoms with Crippen LogP contribution < -0.4 is 0 Å². The molecule has 0 aromatic rings. The van der Waals surface area contributed by atoms with Crippen molar-refractivity contribution in [2.24, 2.45) is 0 Å². The summed E-state index contributed by atoms with van der Waals surface area (Å²) >= 11 is 6.88. The molecule has 0 fully saturated rings. The van der Waals surface area contributed by atoms with Crippen LogP contribution in [-0.4, -0.2) is 15.9 Å². The predicted octanol–water partition coefficient (Wildman–Crippen LogP) is 5.12. The molecule has 0 bridgehead atoms. The van der Waals surface area contributed by atoms with Gasteiger partial charge in [0.05, 0.1) is 0 Å². The van der Waals surface area contributed by atoms with Crippen molar-refractivity contribution in [2.45, 2.75) is 71.3 Å². The minimum Gasteiger partial charge on any atom is -0.444 e. The molecule has 2 atom stereocenters. The summed E-state index contributed by atoms with van der Waals surface area (Å²) in [4.78, 5) is 0. The zero-order chi connectivity index (χ0) is 12.3. The van der Waals surface area contributed by atoms with E-state index < -0.39 is 15.9 Å². The van der Waals surface area contributed by atoms with Crippen LogP contribution in [0.25, 0.3) is 0 Å². The minimum atomic E-state index is -2.06. The van der Waals surface area contributed by atoms with Crippen LogP contribution in [0.5, 0.6) is 0 Å². The molecule has 0 N–H and O–H groups in total. The van der Waals surface area contributed by atoms with Crippen LogP contribution in [0.2, 0.25) is 30.7 Å². The van der Waals surface area contributed by atoms with E-state index in [1.165, 1.54) is 0 Å². The summed E-state index contributed by atoms with van der Waals surface area (Å²) in [6.07, 6.45) is 2.26. The SMILES string of the molecule is CCC(C)[Si](Cl)(O[Si](C)(C)C)C(C)CC. The molecule has 0 spiro atoms. The highest BCUT2D eigenvalue weighted by atomic mass is 35.6. The van der Waals surface area contributed by atoms with Gasteiger partial charge in [-0.1, -0.05) is 40.5 Å². The van der Waals surface area contributed by atoms with Gasteiger partial charge in [0.15, 0.2) is 8.32 Å². The lowest BCUT2D eigenvalue weighted by Crippen LogP contribution is -2.48. The first kappa shape index (κ1) is 15.7. The number of rotatable bonds is 6. The molecular weight excluding hydrogens is 240 g/mol. The summed E-state index contributed by atoms with van der Waals surface area (Å²) in [5.74, 6) is 0. The summed E-state index contributed by atoms with van der Waals surface area (Å²) in [5.41, 5.74) is 1.08. The lowest BCUT2D eigenvalue weighted by molar-refractivity contribution is 0.506. The Balaban J connectivity index is 4.86. The summed E-state index contributed by atoms with van der Waals surface area (Å²) in [6.45, 7) is 15.7. The smallest absolute Gasteiger partial charge is 0.285 e. The van der Waals surface area contributed by atoms with Crippen molar-refractivity contribution in [3.63, 3.8) is 0 Å². The molecule has 0 saturated carbocycles. The Bertz CT molecular complexity index is 182. The summed E-state index contributed by atoms with van der Waals surface area (Å²) < 4.78 is 6.37. The van der Waals surface area contributed by atoms with Crippen molar-refractivity contribution in [2.75, 3.05) is 0 Å². The van der Waals surface area contributed by atoms with Gasteiger partial charge in [0.2, 0.25) is 0 Å². The zero-order valence-corrected chi connectivity index (χ0v) is 14.1. The topological polar surface area (TPSA) is 9.23 Å². The maximum atomic E-state index is 6.88. The van der Waals surface area contributed by atoms with Crippen LogP contribution in [0.3, 0.4) is 0 Å². The second kappa shape index (κ2) is 5.85. The molecule has 0 aromatic heterocycles. The number of hydrogen-bond acceptors (Lipinski definition) is 1. The second-order valence-corrected chi connectivity index (χ2v) is 15.7. The molecule has 0 aliphatic carbocycles. The van der Waals surface area contributed by atoms with Gasteiger partial charge in [0.25, 0.3) is 7.63 Å². The molecule has 92 valence electrons. The van der Waals surface area contributed by atoms with E-state index in [2.05, 4.69) is 47.3 Å². The minimum absolute atomic E-state index is 0.542. The molecule has 15 heavy (non-hydrogen) atoms.